The van der Waals surface area contributed by atoms with Gasteiger partial charge in [0.15, 0.2) is 4.47 Å². The van der Waals surface area contributed by atoms with Gasteiger partial charge in [-0.2, -0.15) is 0 Å². The minimum absolute atomic E-state index is 0.453. The van der Waals surface area contributed by atoms with Crippen LogP contribution in [0.5, 0.6) is 0 Å². The van der Waals surface area contributed by atoms with Gasteiger partial charge < -0.3 is 5.73 Å². The number of nitrogens with zero attached hydrogens (tertiary/aromatic N) is 1. The van der Waals surface area contributed by atoms with Crippen molar-refractivity contribution in [1.29, 1.82) is 0 Å². The van der Waals surface area contributed by atoms with Crippen molar-refractivity contribution in [2.75, 3.05) is 6.54 Å². The molecule has 0 aliphatic rings. The van der Waals surface area contributed by atoms with E-state index < -0.39 is 0 Å². The van der Waals surface area contributed by atoms with Gasteiger partial charge >= 0.3 is 0 Å². The summed E-state index contributed by atoms with van der Waals surface area (Å²) in [6.07, 6.45) is 2.87. The van der Waals surface area contributed by atoms with E-state index in [0.717, 1.165) is 16.9 Å². The molecular formula is C8H10Cl2N2S. The predicted octanol–water partition coefficient (Wildman–Crippen LogP) is 3.20. The molecule has 0 saturated heterocycles. The maximum absolute atomic E-state index is 5.83. The summed E-state index contributed by atoms with van der Waals surface area (Å²) in [6, 6.07) is 0. The molecule has 1 aromatic rings. The Morgan fingerprint density at radius 3 is 2.69 bits per heavy atom. The molecule has 1 heterocycles. The minimum Gasteiger partial charge on any atom is -0.327 e. The van der Waals surface area contributed by atoms with Gasteiger partial charge in [-0.25, -0.2) is 4.98 Å². The normalized spacial score (nSPS) is 12.2. The second-order valence-corrected chi connectivity index (χ2v) is 4.45. The third kappa shape index (κ3) is 2.95. The quantitative estimate of drug-likeness (QED) is 0.876. The lowest BCUT2D eigenvalue weighted by molar-refractivity contribution is 1.02. The van der Waals surface area contributed by atoms with E-state index in [0.29, 0.717) is 16.2 Å². The number of nitrogens with two attached hydrogens (primary N) is 1. The fraction of sp³-hybridized carbons (Fsp3) is 0.375. The molecule has 1 rings (SSSR count). The van der Waals surface area contributed by atoms with Gasteiger partial charge in [0, 0.05) is 6.54 Å². The van der Waals surface area contributed by atoms with Crippen LogP contribution in [0.3, 0.4) is 0 Å². The fourth-order valence-electron chi connectivity index (χ4n) is 0.868. The number of hydrogen-bond acceptors (Lipinski definition) is 3. The zero-order valence-electron chi connectivity index (χ0n) is 7.18. The summed E-state index contributed by atoms with van der Waals surface area (Å²) in [4.78, 5) is 4.78. The second-order valence-electron chi connectivity index (χ2n) is 2.48. The van der Waals surface area contributed by atoms with Gasteiger partial charge in [-0.1, -0.05) is 35.7 Å². The van der Waals surface area contributed by atoms with Gasteiger partial charge in [-0.05, 0) is 12.5 Å². The van der Waals surface area contributed by atoms with Crippen LogP contribution in [-0.4, -0.2) is 11.5 Å². The molecule has 0 unspecified atom stereocenters. The Labute approximate surface area is 91.4 Å². The molecule has 5 heteroatoms. The smallest absolute Gasteiger partial charge is 0.185 e. The molecule has 2 N–H and O–H groups in total. The van der Waals surface area contributed by atoms with Crippen molar-refractivity contribution >= 4 is 40.6 Å². The van der Waals surface area contributed by atoms with E-state index in [1.165, 1.54) is 11.3 Å². The summed E-state index contributed by atoms with van der Waals surface area (Å²) in [6.45, 7) is 2.59. The Morgan fingerprint density at radius 2 is 2.31 bits per heavy atom. The summed E-state index contributed by atoms with van der Waals surface area (Å²) in [5.74, 6) is 0. The van der Waals surface area contributed by atoms with Crippen LogP contribution in [0.25, 0.3) is 6.08 Å². The Bertz CT molecular complexity index is 314. The number of hydrogen-bond donors (Lipinski definition) is 1. The highest BCUT2D eigenvalue weighted by molar-refractivity contribution is 7.17. The molecule has 0 amide bonds. The molecule has 0 fully saturated rings. The minimum atomic E-state index is 0.453. The maximum atomic E-state index is 5.83. The first-order valence-electron chi connectivity index (χ1n) is 3.88. The van der Waals surface area contributed by atoms with Crippen LogP contribution in [0.1, 0.15) is 18.2 Å². The lowest BCUT2D eigenvalue weighted by Crippen LogP contribution is -2.01. The van der Waals surface area contributed by atoms with E-state index in [9.17, 15) is 0 Å². The summed E-state index contributed by atoms with van der Waals surface area (Å²) in [5, 5.41) is 0.453. The number of rotatable bonds is 3. The molecule has 0 atom stereocenters. The van der Waals surface area contributed by atoms with E-state index in [-0.39, 0.29) is 0 Å². The average Bonchev–Trinajstić information content (AvgIpc) is 2.41. The van der Waals surface area contributed by atoms with Crippen LogP contribution in [0.4, 0.5) is 0 Å². The summed E-state index contributed by atoms with van der Waals surface area (Å²) >= 11 is 12.9. The SMILES string of the molecule is CC/C(=C\c1sc(Cl)nc1Cl)CN. The van der Waals surface area contributed by atoms with Crippen LogP contribution in [0.15, 0.2) is 5.57 Å². The van der Waals surface area contributed by atoms with Gasteiger partial charge in [-0.3, -0.25) is 0 Å². The molecule has 1 aromatic heterocycles. The number of halogens is 2. The van der Waals surface area contributed by atoms with Crippen molar-refractivity contribution in [3.8, 4) is 0 Å². The molecule has 0 aliphatic heterocycles. The fourth-order valence-corrected chi connectivity index (χ4v) is 2.22. The van der Waals surface area contributed by atoms with Crippen LogP contribution in [-0.2, 0) is 0 Å². The van der Waals surface area contributed by atoms with Gasteiger partial charge in [0.25, 0.3) is 0 Å². The zero-order chi connectivity index (χ0) is 9.84. The topological polar surface area (TPSA) is 38.9 Å². The van der Waals surface area contributed by atoms with E-state index in [1.54, 1.807) is 0 Å². The van der Waals surface area contributed by atoms with Crippen molar-refractivity contribution in [2.45, 2.75) is 13.3 Å². The molecule has 0 spiro atoms. The number of aromatic nitrogens is 1. The summed E-state index contributed by atoms with van der Waals surface area (Å²) in [5.41, 5.74) is 6.67. The van der Waals surface area contributed by atoms with Gasteiger partial charge in [-0.15, -0.1) is 11.3 Å². The van der Waals surface area contributed by atoms with Crippen molar-refractivity contribution in [1.82, 2.24) is 4.98 Å². The lowest BCUT2D eigenvalue weighted by Gasteiger charge is -1.97. The van der Waals surface area contributed by atoms with Crippen LogP contribution in [0, 0.1) is 0 Å². The Kier molecular flexibility index (Phi) is 4.19. The zero-order valence-corrected chi connectivity index (χ0v) is 9.51. The highest BCUT2D eigenvalue weighted by atomic mass is 35.5. The van der Waals surface area contributed by atoms with Crippen molar-refractivity contribution in [2.24, 2.45) is 5.73 Å². The predicted molar refractivity (Wildman–Crippen MR) is 59.5 cm³/mol. The molecule has 13 heavy (non-hydrogen) atoms. The third-order valence-electron chi connectivity index (χ3n) is 1.64. The van der Waals surface area contributed by atoms with E-state index in [2.05, 4.69) is 11.9 Å². The molecular weight excluding hydrogens is 227 g/mol. The average molecular weight is 237 g/mol. The summed E-state index contributed by atoms with van der Waals surface area (Å²) in [7, 11) is 0. The monoisotopic (exact) mass is 236 g/mol. The molecule has 0 aromatic carbocycles. The lowest BCUT2D eigenvalue weighted by atomic mass is 10.2. The Morgan fingerprint density at radius 1 is 1.62 bits per heavy atom. The largest absolute Gasteiger partial charge is 0.327 e. The van der Waals surface area contributed by atoms with Gasteiger partial charge in [0.2, 0.25) is 0 Å². The molecule has 0 radical (unpaired) electrons. The first-order valence-corrected chi connectivity index (χ1v) is 5.46. The van der Waals surface area contributed by atoms with Gasteiger partial charge in [0.1, 0.15) is 5.15 Å². The van der Waals surface area contributed by atoms with E-state index in [1.807, 2.05) is 6.08 Å². The standard InChI is InChI=1S/C8H10Cl2N2S/c1-2-5(4-11)3-6-7(9)12-8(10)13-6/h3H,2,4,11H2,1H3/b5-3+. The molecule has 0 saturated carbocycles. The van der Waals surface area contributed by atoms with Gasteiger partial charge in [0.05, 0.1) is 4.88 Å². The van der Waals surface area contributed by atoms with Crippen LogP contribution < -0.4 is 5.73 Å². The molecule has 72 valence electrons. The van der Waals surface area contributed by atoms with Crippen LogP contribution >= 0.6 is 34.5 Å². The first-order chi connectivity index (χ1) is 6.17. The van der Waals surface area contributed by atoms with Crippen molar-refractivity contribution in [3.05, 3.63) is 20.1 Å². The van der Waals surface area contributed by atoms with Crippen molar-refractivity contribution in [3.63, 3.8) is 0 Å². The molecule has 0 bridgehead atoms. The maximum Gasteiger partial charge on any atom is 0.185 e. The Balaban J connectivity index is 2.95. The van der Waals surface area contributed by atoms with Crippen molar-refractivity contribution < 1.29 is 0 Å². The highest BCUT2D eigenvalue weighted by Crippen LogP contribution is 2.28. The van der Waals surface area contributed by atoms with E-state index >= 15 is 0 Å². The first kappa shape index (κ1) is 11.0. The Hall–Kier alpha value is -0.0900. The molecule has 0 aliphatic carbocycles. The molecule has 2 nitrogen and oxygen atoms in total. The third-order valence-corrected chi connectivity index (χ3v) is 3.14. The summed E-state index contributed by atoms with van der Waals surface area (Å²) < 4.78 is 0.462. The second kappa shape index (κ2) is 4.96. The highest BCUT2D eigenvalue weighted by Gasteiger charge is 2.05. The van der Waals surface area contributed by atoms with E-state index in [4.69, 9.17) is 28.9 Å². The van der Waals surface area contributed by atoms with Crippen LogP contribution in [0.2, 0.25) is 9.62 Å². The number of thiazole rings is 1.